The molecule has 0 saturated heterocycles. The van der Waals surface area contributed by atoms with Crippen LogP contribution in [0.1, 0.15) is 50.2 Å². The maximum absolute atomic E-state index is 5.78. The molecule has 0 aliphatic heterocycles. The highest BCUT2D eigenvalue weighted by Gasteiger charge is 1.97. The van der Waals surface area contributed by atoms with Crippen LogP contribution in [0.15, 0.2) is 18.2 Å². The van der Waals surface area contributed by atoms with Gasteiger partial charge in [-0.15, -0.1) is 0 Å². The average molecular weight is 264 g/mol. The number of hydrogen-bond donors (Lipinski definition) is 1. The molecule has 0 aromatic heterocycles. The van der Waals surface area contributed by atoms with Gasteiger partial charge in [-0.05, 0) is 62.8 Å². The third-order valence-corrected chi connectivity index (χ3v) is 3.56. The van der Waals surface area contributed by atoms with Crippen LogP contribution in [0.25, 0.3) is 0 Å². The zero-order chi connectivity index (χ0) is 13.9. The third kappa shape index (κ3) is 7.22. The van der Waals surface area contributed by atoms with Gasteiger partial charge < -0.3 is 10.1 Å². The van der Waals surface area contributed by atoms with Gasteiger partial charge in [0.05, 0.1) is 19.7 Å². The van der Waals surface area contributed by atoms with Crippen LogP contribution in [-0.4, -0.2) is 19.7 Å². The largest absolute Gasteiger partial charge is 0.494 e. The summed E-state index contributed by atoms with van der Waals surface area (Å²) in [4.78, 5) is 0. The van der Waals surface area contributed by atoms with E-state index >= 15 is 0 Å². The molecule has 2 N–H and O–H groups in total. The van der Waals surface area contributed by atoms with Crippen LogP contribution in [-0.2, 0) is 0 Å². The molecule has 0 amide bonds. The summed E-state index contributed by atoms with van der Waals surface area (Å²) in [7, 11) is 0. The van der Waals surface area contributed by atoms with Crippen molar-refractivity contribution < 1.29 is 10.1 Å². The lowest BCUT2D eigenvalue weighted by atomic mass is 10.1. The van der Waals surface area contributed by atoms with Gasteiger partial charge in [0.25, 0.3) is 0 Å². The van der Waals surface area contributed by atoms with E-state index in [1.165, 1.54) is 49.9 Å². The van der Waals surface area contributed by atoms with Gasteiger partial charge in [-0.2, -0.15) is 0 Å². The lowest BCUT2D eigenvalue weighted by molar-refractivity contribution is -0.655. The second-order valence-electron chi connectivity index (χ2n) is 5.37. The molecule has 108 valence electrons. The Hall–Kier alpha value is -1.02. The minimum Gasteiger partial charge on any atom is -0.494 e. The van der Waals surface area contributed by atoms with Crippen LogP contribution in [0.4, 0.5) is 0 Å². The molecular weight excluding hydrogens is 234 g/mol. The van der Waals surface area contributed by atoms with E-state index in [1.54, 1.807) is 0 Å². The van der Waals surface area contributed by atoms with Crippen LogP contribution in [0.5, 0.6) is 5.75 Å². The number of rotatable bonds is 10. The van der Waals surface area contributed by atoms with Crippen LogP contribution in [0.2, 0.25) is 0 Å². The molecule has 0 fully saturated rings. The number of unbranched alkanes of at least 4 members (excludes halogenated alkanes) is 3. The predicted molar refractivity (Wildman–Crippen MR) is 81.8 cm³/mol. The van der Waals surface area contributed by atoms with E-state index in [4.69, 9.17) is 4.74 Å². The summed E-state index contributed by atoms with van der Waals surface area (Å²) >= 11 is 0. The second-order valence-corrected chi connectivity index (χ2v) is 5.37. The van der Waals surface area contributed by atoms with Crippen LogP contribution < -0.4 is 10.1 Å². The number of quaternary nitrogens is 1. The van der Waals surface area contributed by atoms with Gasteiger partial charge in [0.15, 0.2) is 0 Å². The first-order valence-electron chi connectivity index (χ1n) is 7.75. The Labute approximate surface area is 118 Å². The van der Waals surface area contributed by atoms with Crippen molar-refractivity contribution in [3.05, 3.63) is 29.3 Å². The fourth-order valence-electron chi connectivity index (χ4n) is 2.05. The predicted octanol–water partition coefficient (Wildman–Crippen LogP) is 3.22. The maximum Gasteiger partial charge on any atom is 0.119 e. The van der Waals surface area contributed by atoms with Crippen molar-refractivity contribution in [3.8, 4) is 5.75 Å². The Morgan fingerprint density at radius 3 is 2.47 bits per heavy atom. The summed E-state index contributed by atoms with van der Waals surface area (Å²) in [5.41, 5.74) is 2.64. The van der Waals surface area contributed by atoms with E-state index in [2.05, 4.69) is 44.3 Å². The molecule has 0 radical (unpaired) electrons. The Balaban J connectivity index is 2.00. The van der Waals surface area contributed by atoms with Crippen molar-refractivity contribution in [2.45, 2.75) is 52.9 Å². The van der Waals surface area contributed by atoms with Gasteiger partial charge in [0, 0.05) is 0 Å². The minimum atomic E-state index is 0.845. The molecule has 0 aliphatic rings. The first kappa shape index (κ1) is 16.0. The Morgan fingerprint density at radius 1 is 0.947 bits per heavy atom. The SMILES string of the molecule is CCCC[NH2+]CCCCCOc1ccc(C)c(C)c1. The van der Waals surface area contributed by atoms with E-state index in [0.717, 1.165) is 18.8 Å². The van der Waals surface area contributed by atoms with Crippen molar-refractivity contribution in [2.24, 2.45) is 0 Å². The summed E-state index contributed by atoms with van der Waals surface area (Å²) in [5.74, 6) is 1.01. The fraction of sp³-hybridized carbons (Fsp3) is 0.647. The molecule has 1 aromatic carbocycles. The second kappa shape index (κ2) is 9.85. The number of hydrogen-bond acceptors (Lipinski definition) is 1. The number of nitrogens with two attached hydrogens (primary N) is 1. The molecular formula is C17H30NO+. The Bertz CT molecular complexity index is 349. The molecule has 2 heteroatoms. The standard InChI is InChI=1S/C17H29NO/c1-4-5-11-18-12-7-6-8-13-19-17-10-9-15(2)16(3)14-17/h9-10,14,18H,4-8,11-13H2,1-3H3/p+1. The normalized spacial score (nSPS) is 10.7. The first-order chi connectivity index (χ1) is 9.24. The topological polar surface area (TPSA) is 25.8 Å². The number of ether oxygens (including phenoxy) is 1. The molecule has 19 heavy (non-hydrogen) atoms. The van der Waals surface area contributed by atoms with Crippen LogP contribution >= 0.6 is 0 Å². The van der Waals surface area contributed by atoms with E-state index in [0.29, 0.717) is 0 Å². The molecule has 0 spiro atoms. The zero-order valence-electron chi connectivity index (χ0n) is 12.9. The fourth-order valence-corrected chi connectivity index (χ4v) is 2.05. The molecule has 0 bridgehead atoms. The summed E-state index contributed by atoms with van der Waals surface area (Å²) in [6, 6.07) is 6.34. The van der Waals surface area contributed by atoms with Gasteiger partial charge >= 0.3 is 0 Å². The average Bonchev–Trinajstić information content (AvgIpc) is 2.41. The highest BCUT2D eigenvalue weighted by Crippen LogP contribution is 2.16. The van der Waals surface area contributed by atoms with E-state index in [9.17, 15) is 0 Å². The summed E-state index contributed by atoms with van der Waals surface area (Å²) in [5, 5.41) is 2.44. The Kier molecular flexibility index (Phi) is 8.31. The van der Waals surface area contributed by atoms with Crippen molar-refractivity contribution in [1.82, 2.24) is 0 Å². The van der Waals surface area contributed by atoms with Gasteiger partial charge in [-0.25, -0.2) is 0 Å². The van der Waals surface area contributed by atoms with Gasteiger partial charge in [-0.3, -0.25) is 0 Å². The Morgan fingerprint density at radius 2 is 1.74 bits per heavy atom. The lowest BCUT2D eigenvalue weighted by Crippen LogP contribution is -2.84. The lowest BCUT2D eigenvalue weighted by Gasteiger charge is -2.08. The number of benzene rings is 1. The molecule has 0 atom stereocenters. The van der Waals surface area contributed by atoms with Gasteiger partial charge in [-0.1, -0.05) is 19.4 Å². The molecule has 0 heterocycles. The van der Waals surface area contributed by atoms with Crippen LogP contribution in [0.3, 0.4) is 0 Å². The summed E-state index contributed by atoms with van der Waals surface area (Å²) in [6.07, 6.45) is 6.39. The zero-order valence-corrected chi connectivity index (χ0v) is 12.9. The van der Waals surface area contributed by atoms with Crippen molar-refractivity contribution in [3.63, 3.8) is 0 Å². The molecule has 1 rings (SSSR count). The van der Waals surface area contributed by atoms with Crippen molar-refractivity contribution in [1.29, 1.82) is 0 Å². The van der Waals surface area contributed by atoms with E-state index in [1.807, 2.05) is 0 Å². The highest BCUT2D eigenvalue weighted by molar-refractivity contribution is 5.33. The number of aryl methyl sites for hydroxylation is 2. The monoisotopic (exact) mass is 264 g/mol. The minimum absolute atomic E-state index is 0.845. The molecule has 0 aliphatic carbocycles. The van der Waals surface area contributed by atoms with Crippen LogP contribution in [0, 0.1) is 13.8 Å². The molecule has 0 saturated carbocycles. The van der Waals surface area contributed by atoms with E-state index < -0.39 is 0 Å². The van der Waals surface area contributed by atoms with E-state index in [-0.39, 0.29) is 0 Å². The van der Waals surface area contributed by atoms with Gasteiger partial charge in [0.2, 0.25) is 0 Å². The molecule has 1 aromatic rings. The quantitative estimate of drug-likeness (QED) is 0.645. The molecule has 2 nitrogen and oxygen atoms in total. The summed E-state index contributed by atoms with van der Waals surface area (Å²) < 4.78 is 5.78. The summed E-state index contributed by atoms with van der Waals surface area (Å²) in [6.45, 7) is 9.91. The smallest absolute Gasteiger partial charge is 0.119 e. The maximum atomic E-state index is 5.78. The van der Waals surface area contributed by atoms with Gasteiger partial charge in [0.1, 0.15) is 5.75 Å². The third-order valence-electron chi connectivity index (χ3n) is 3.56. The first-order valence-corrected chi connectivity index (χ1v) is 7.75. The van der Waals surface area contributed by atoms with Crippen molar-refractivity contribution >= 4 is 0 Å². The van der Waals surface area contributed by atoms with Crippen molar-refractivity contribution in [2.75, 3.05) is 19.7 Å². The molecule has 0 unspecified atom stereocenters. The highest BCUT2D eigenvalue weighted by atomic mass is 16.5.